The zero-order chi connectivity index (χ0) is 11.4. The predicted octanol–water partition coefficient (Wildman–Crippen LogP) is 2.64. The maximum absolute atomic E-state index is 10.7. The summed E-state index contributed by atoms with van der Waals surface area (Å²) in [5.41, 5.74) is 0.140. The van der Waals surface area contributed by atoms with Crippen molar-refractivity contribution in [2.75, 3.05) is 5.32 Å². The van der Waals surface area contributed by atoms with E-state index in [1.165, 1.54) is 12.1 Å². The fourth-order valence-corrected chi connectivity index (χ4v) is 1.26. The molecule has 1 unspecified atom stereocenters. The fraction of sp³-hybridized carbons (Fsp3) is 0.400. The van der Waals surface area contributed by atoms with Crippen molar-refractivity contribution >= 4 is 23.4 Å². The normalized spacial score (nSPS) is 12.2. The Balaban J connectivity index is 2.93. The van der Waals surface area contributed by atoms with E-state index in [0.29, 0.717) is 5.82 Å². The minimum absolute atomic E-state index is 0.140. The summed E-state index contributed by atoms with van der Waals surface area (Å²) in [6.07, 6.45) is 0.927. The molecule has 0 radical (unpaired) electrons. The smallest absolute Gasteiger partial charge is 0.335 e. The lowest BCUT2D eigenvalue weighted by atomic mass is 10.2. The van der Waals surface area contributed by atoms with Gasteiger partial charge in [0.15, 0.2) is 0 Å². The van der Waals surface area contributed by atoms with Crippen LogP contribution < -0.4 is 5.32 Å². The molecule has 1 rings (SSSR count). The number of carboxylic acids is 1. The third-order valence-corrected chi connectivity index (χ3v) is 2.24. The van der Waals surface area contributed by atoms with Crippen molar-refractivity contribution in [3.63, 3.8) is 0 Å². The van der Waals surface area contributed by atoms with E-state index in [0.717, 1.165) is 6.42 Å². The third-order valence-electron chi connectivity index (χ3n) is 2.05. The van der Waals surface area contributed by atoms with Gasteiger partial charge in [0.05, 0.1) is 5.56 Å². The van der Waals surface area contributed by atoms with E-state index in [1.54, 1.807) is 0 Å². The number of carboxylic acid groups (broad SMARTS) is 1. The van der Waals surface area contributed by atoms with Crippen LogP contribution in [-0.4, -0.2) is 22.1 Å². The van der Waals surface area contributed by atoms with Crippen molar-refractivity contribution in [1.29, 1.82) is 0 Å². The second-order valence-corrected chi connectivity index (χ2v) is 3.71. The van der Waals surface area contributed by atoms with Crippen LogP contribution in [0.5, 0.6) is 0 Å². The number of anilines is 1. The summed E-state index contributed by atoms with van der Waals surface area (Å²) < 4.78 is 0. The van der Waals surface area contributed by atoms with Crippen LogP contribution in [0.15, 0.2) is 12.1 Å². The minimum Gasteiger partial charge on any atom is -0.478 e. The summed E-state index contributed by atoms with van der Waals surface area (Å²) in [5.74, 6) is -0.513. The van der Waals surface area contributed by atoms with Gasteiger partial charge in [-0.2, -0.15) is 0 Å². The predicted molar refractivity (Wildman–Crippen MR) is 59.6 cm³/mol. The molecule has 0 fully saturated rings. The number of hydrogen-bond acceptors (Lipinski definition) is 3. The van der Waals surface area contributed by atoms with E-state index < -0.39 is 5.97 Å². The molecule has 15 heavy (non-hydrogen) atoms. The molecule has 1 aromatic rings. The molecule has 82 valence electrons. The van der Waals surface area contributed by atoms with E-state index in [2.05, 4.69) is 10.3 Å². The van der Waals surface area contributed by atoms with Crippen LogP contribution in [0.4, 0.5) is 5.82 Å². The first kappa shape index (κ1) is 11.8. The summed E-state index contributed by atoms with van der Waals surface area (Å²) >= 11 is 5.71. The quantitative estimate of drug-likeness (QED) is 0.778. The minimum atomic E-state index is -1.01. The Morgan fingerprint density at radius 1 is 1.67 bits per heavy atom. The lowest BCUT2D eigenvalue weighted by molar-refractivity contribution is 0.0697. The van der Waals surface area contributed by atoms with Crippen LogP contribution in [0, 0.1) is 0 Å². The van der Waals surface area contributed by atoms with Crippen LogP contribution in [0.3, 0.4) is 0 Å². The van der Waals surface area contributed by atoms with Crippen LogP contribution in [0.25, 0.3) is 0 Å². The molecule has 0 aliphatic carbocycles. The SMILES string of the molecule is CCC(C)Nc1cc(C(=O)O)cc(Cl)n1. The first-order chi connectivity index (χ1) is 7.02. The molecule has 4 nitrogen and oxygen atoms in total. The number of aromatic nitrogens is 1. The van der Waals surface area contributed by atoms with E-state index in [1.807, 2.05) is 13.8 Å². The second-order valence-electron chi connectivity index (χ2n) is 3.32. The first-order valence-corrected chi connectivity index (χ1v) is 5.08. The van der Waals surface area contributed by atoms with Crippen molar-refractivity contribution in [2.45, 2.75) is 26.3 Å². The van der Waals surface area contributed by atoms with Crippen LogP contribution in [-0.2, 0) is 0 Å². The molecule has 0 bridgehead atoms. The van der Waals surface area contributed by atoms with Gasteiger partial charge in [-0.3, -0.25) is 0 Å². The van der Waals surface area contributed by atoms with Gasteiger partial charge in [-0.15, -0.1) is 0 Å². The number of pyridine rings is 1. The van der Waals surface area contributed by atoms with Crippen molar-refractivity contribution < 1.29 is 9.90 Å². The number of hydrogen-bond donors (Lipinski definition) is 2. The lowest BCUT2D eigenvalue weighted by Gasteiger charge is -2.12. The highest BCUT2D eigenvalue weighted by Crippen LogP contribution is 2.15. The molecule has 1 atom stereocenters. The average Bonchev–Trinajstić information content (AvgIpc) is 2.16. The summed E-state index contributed by atoms with van der Waals surface area (Å²) in [4.78, 5) is 14.7. The van der Waals surface area contributed by atoms with Gasteiger partial charge in [0.2, 0.25) is 0 Å². The first-order valence-electron chi connectivity index (χ1n) is 4.70. The molecule has 0 aromatic carbocycles. The number of halogens is 1. The van der Waals surface area contributed by atoms with Gasteiger partial charge in [-0.25, -0.2) is 9.78 Å². The summed E-state index contributed by atoms with van der Waals surface area (Å²) in [7, 11) is 0. The van der Waals surface area contributed by atoms with Gasteiger partial charge >= 0.3 is 5.97 Å². The van der Waals surface area contributed by atoms with Crippen LogP contribution in [0.1, 0.15) is 30.6 Å². The maximum Gasteiger partial charge on any atom is 0.335 e. The Bertz CT molecular complexity index is 368. The Morgan fingerprint density at radius 3 is 2.87 bits per heavy atom. The number of nitrogens with one attached hydrogen (secondary N) is 1. The van der Waals surface area contributed by atoms with E-state index in [-0.39, 0.29) is 16.8 Å². The van der Waals surface area contributed by atoms with Crippen molar-refractivity contribution in [3.05, 3.63) is 22.8 Å². The highest BCUT2D eigenvalue weighted by molar-refractivity contribution is 6.29. The van der Waals surface area contributed by atoms with E-state index in [4.69, 9.17) is 16.7 Å². The Morgan fingerprint density at radius 2 is 2.33 bits per heavy atom. The molecule has 1 heterocycles. The van der Waals surface area contributed by atoms with Crippen molar-refractivity contribution in [2.24, 2.45) is 0 Å². The third kappa shape index (κ3) is 3.40. The van der Waals surface area contributed by atoms with Crippen LogP contribution >= 0.6 is 11.6 Å². The van der Waals surface area contributed by atoms with Gasteiger partial charge in [-0.05, 0) is 25.5 Å². The zero-order valence-corrected chi connectivity index (χ0v) is 9.38. The Labute approximate surface area is 93.3 Å². The highest BCUT2D eigenvalue weighted by Gasteiger charge is 2.08. The monoisotopic (exact) mass is 228 g/mol. The Kier molecular flexibility index (Phi) is 3.91. The van der Waals surface area contributed by atoms with Gasteiger partial charge < -0.3 is 10.4 Å². The molecule has 0 amide bonds. The Hall–Kier alpha value is -1.29. The molecular weight excluding hydrogens is 216 g/mol. The fourth-order valence-electron chi connectivity index (χ4n) is 1.05. The van der Waals surface area contributed by atoms with Gasteiger partial charge in [-0.1, -0.05) is 18.5 Å². The van der Waals surface area contributed by atoms with Crippen LogP contribution in [0.2, 0.25) is 5.15 Å². The molecule has 0 saturated carbocycles. The number of carbonyl (C=O) groups is 1. The number of nitrogens with zero attached hydrogens (tertiary/aromatic N) is 1. The van der Waals surface area contributed by atoms with Gasteiger partial charge in [0, 0.05) is 6.04 Å². The molecule has 2 N–H and O–H groups in total. The lowest BCUT2D eigenvalue weighted by Crippen LogP contribution is -2.15. The highest BCUT2D eigenvalue weighted by atomic mass is 35.5. The zero-order valence-electron chi connectivity index (χ0n) is 8.62. The summed E-state index contributed by atoms with van der Waals surface area (Å²) in [5, 5.41) is 12.1. The van der Waals surface area contributed by atoms with Crippen molar-refractivity contribution in [1.82, 2.24) is 4.98 Å². The molecule has 5 heteroatoms. The van der Waals surface area contributed by atoms with Crippen molar-refractivity contribution in [3.8, 4) is 0 Å². The second kappa shape index (κ2) is 4.98. The molecule has 0 aliphatic heterocycles. The topological polar surface area (TPSA) is 62.2 Å². The molecular formula is C10H13ClN2O2. The van der Waals surface area contributed by atoms with Gasteiger partial charge in [0.1, 0.15) is 11.0 Å². The number of aromatic carboxylic acids is 1. The van der Waals surface area contributed by atoms with E-state index in [9.17, 15) is 4.79 Å². The maximum atomic E-state index is 10.7. The average molecular weight is 229 g/mol. The van der Waals surface area contributed by atoms with Gasteiger partial charge in [0.25, 0.3) is 0 Å². The number of rotatable bonds is 4. The molecule has 0 saturated heterocycles. The molecule has 0 aliphatic rings. The summed E-state index contributed by atoms with van der Waals surface area (Å²) in [6, 6.07) is 3.03. The standard InChI is InChI=1S/C10H13ClN2O2/c1-3-6(2)12-9-5-7(10(14)15)4-8(11)13-9/h4-6H,3H2,1-2H3,(H,12,13)(H,14,15). The summed E-state index contributed by atoms with van der Waals surface area (Å²) in [6.45, 7) is 4.02. The largest absolute Gasteiger partial charge is 0.478 e. The molecule has 1 aromatic heterocycles. The molecule has 0 spiro atoms. The van der Waals surface area contributed by atoms with E-state index >= 15 is 0 Å².